The number of nitrogens with zero attached hydrogens (tertiary/aromatic N) is 1. The summed E-state index contributed by atoms with van der Waals surface area (Å²) in [4.78, 5) is 27.1. The summed E-state index contributed by atoms with van der Waals surface area (Å²) in [7, 11) is 0. The average Bonchev–Trinajstić information content (AvgIpc) is 3.16. The van der Waals surface area contributed by atoms with Crippen molar-refractivity contribution in [3.63, 3.8) is 0 Å². The number of rotatable bonds is 8. The highest BCUT2D eigenvalue weighted by molar-refractivity contribution is 8.18. The van der Waals surface area contributed by atoms with Crippen molar-refractivity contribution in [2.45, 2.75) is 13.5 Å². The molecular formula is C30H25NO4S. The van der Waals surface area contributed by atoms with Crippen molar-refractivity contribution in [2.24, 2.45) is 0 Å². The number of ether oxygens (including phenoxy) is 2. The molecule has 36 heavy (non-hydrogen) atoms. The largest absolute Gasteiger partial charge is 0.492 e. The fourth-order valence-electron chi connectivity index (χ4n) is 3.94. The van der Waals surface area contributed by atoms with Crippen LogP contribution >= 0.6 is 11.8 Å². The van der Waals surface area contributed by atoms with Crippen LogP contribution in [0, 0.1) is 6.92 Å². The van der Waals surface area contributed by atoms with Crippen molar-refractivity contribution in [2.75, 3.05) is 13.2 Å². The fourth-order valence-corrected chi connectivity index (χ4v) is 4.80. The molecule has 0 aliphatic carbocycles. The van der Waals surface area contributed by atoms with Gasteiger partial charge in [0.1, 0.15) is 24.7 Å². The molecule has 5 rings (SSSR count). The maximum Gasteiger partial charge on any atom is 0.293 e. The third kappa shape index (κ3) is 5.44. The van der Waals surface area contributed by atoms with Crippen LogP contribution < -0.4 is 9.47 Å². The van der Waals surface area contributed by atoms with Crippen LogP contribution in [-0.2, 0) is 11.4 Å². The quantitative estimate of drug-likeness (QED) is 0.251. The zero-order chi connectivity index (χ0) is 24.9. The molecule has 0 saturated carbocycles. The van der Waals surface area contributed by atoms with E-state index in [1.165, 1.54) is 10.3 Å². The monoisotopic (exact) mass is 495 g/mol. The molecule has 5 nitrogen and oxygen atoms in total. The van der Waals surface area contributed by atoms with Crippen molar-refractivity contribution in [1.82, 2.24) is 4.90 Å². The highest BCUT2D eigenvalue weighted by Crippen LogP contribution is 2.34. The van der Waals surface area contributed by atoms with Gasteiger partial charge in [-0.3, -0.25) is 14.5 Å². The first-order valence-corrected chi connectivity index (χ1v) is 12.5. The van der Waals surface area contributed by atoms with Gasteiger partial charge in [-0.25, -0.2) is 0 Å². The zero-order valence-corrected chi connectivity index (χ0v) is 20.7. The Labute approximate surface area is 214 Å². The predicted octanol–water partition coefficient (Wildman–Crippen LogP) is 6.84. The van der Waals surface area contributed by atoms with E-state index >= 15 is 0 Å². The highest BCUT2D eigenvalue weighted by atomic mass is 32.2. The first-order valence-electron chi connectivity index (χ1n) is 11.7. The van der Waals surface area contributed by atoms with E-state index in [1.807, 2.05) is 67.6 Å². The minimum absolute atomic E-state index is 0.190. The number of amides is 2. The minimum Gasteiger partial charge on any atom is -0.492 e. The van der Waals surface area contributed by atoms with Gasteiger partial charge in [0.2, 0.25) is 0 Å². The van der Waals surface area contributed by atoms with Gasteiger partial charge in [0.25, 0.3) is 11.1 Å². The standard InChI is InChI=1S/C30H25NO4S/c1-21-10-14-26(15-11-21)34-17-16-31-29(32)28(36-30(31)33)19-25-8-4-5-9-27(25)35-20-22-12-13-23-6-2-3-7-24(23)18-22/h2-15,18-19H,16-17,20H2,1H3/b28-19-. The summed E-state index contributed by atoms with van der Waals surface area (Å²) in [5, 5.41) is 2.04. The topological polar surface area (TPSA) is 55.8 Å². The Morgan fingerprint density at radius 3 is 2.42 bits per heavy atom. The Kier molecular flexibility index (Phi) is 7.05. The number of benzene rings is 4. The van der Waals surface area contributed by atoms with Gasteiger partial charge in [-0.2, -0.15) is 0 Å². The summed E-state index contributed by atoms with van der Waals surface area (Å²) in [6.45, 7) is 2.83. The lowest BCUT2D eigenvalue weighted by atomic mass is 10.1. The van der Waals surface area contributed by atoms with Crippen molar-refractivity contribution >= 4 is 39.8 Å². The third-order valence-electron chi connectivity index (χ3n) is 5.89. The number of imide groups is 1. The Balaban J connectivity index is 1.25. The molecule has 4 aromatic carbocycles. The second-order valence-electron chi connectivity index (χ2n) is 8.50. The van der Waals surface area contributed by atoms with E-state index in [0.29, 0.717) is 23.0 Å². The number of carbonyl (C=O) groups excluding carboxylic acids is 2. The molecule has 0 radical (unpaired) electrons. The van der Waals surface area contributed by atoms with Gasteiger partial charge in [-0.1, -0.05) is 72.3 Å². The Bertz CT molecular complexity index is 1450. The minimum atomic E-state index is -0.318. The van der Waals surface area contributed by atoms with Crippen molar-refractivity contribution in [3.8, 4) is 11.5 Å². The van der Waals surface area contributed by atoms with Gasteiger partial charge in [0, 0.05) is 5.56 Å². The van der Waals surface area contributed by atoms with Crippen LogP contribution in [0.3, 0.4) is 0 Å². The molecule has 1 fully saturated rings. The summed E-state index contributed by atoms with van der Waals surface area (Å²) in [5.74, 6) is 1.04. The van der Waals surface area contributed by atoms with E-state index in [1.54, 1.807) is 6.08 Å². The van der Waals surface area contributed by atoms with Crippen LogP contribution in [0.2, 0.25) is 0 Å². The highest BCUT2D eigenvalue weighted by Gasteiger charge is 2.35. The Morgan fingerprint density at radius 1 is 0.833 bits per heavy atom. The fraction of sp³-hybridized carbons (Fsp3) is 0.133. The summed E-state index contributed by atoms with van der Waals surface area (Å²) in [5.41, 5.74) is 2.94. The van der Waals surface area contributed by atoms with Gasteiger partial charge >= 0.3 is 0 Å². The van der Waals surface area contributed by atoms with Crippen LogP contribution in [0.15, 0.2) is 95.9 Å². The number of thioether (sulfide) groups is 1. The molecule has 0 unspecified atom stereocenters. The molecule has 1 saturated heterocycles. The second-order valence-corrected chi connectivity index (χ2v) is 9.50. The molecule has 0 atom stereocenters. The first kappa shape index (κ1) is 23.7. The van der Waals surface area contributed by atoms with Gasteiger partial charge in [-0.05, 0) is 65.4 Å². The Morgan fingerprint density at radius 2 is 1.58 bits per heavy atom. The van der Waals surface area contributed by atoms with Gasteiger partial charge in [-0.15, -0.1) is 0 Å². The second kappa shape index (κ2) is 10.7. The lowest BCUT2D eigenvalue weighted by molar-refractivity contribution is -0.123. The lowest BCUT2D eigenvalue weighted by Gasteiger charge is -2.13. The van der Waals surface area contributed by atoms with E-state index in [-0.39, 0.29) is 24.3 Å². The molecule has 0 bridgehead atoms. The lowest BCUT2D eigenvalue weighted by Crippen LogP contribution is -2.32. The zero-order valence-electron chi connectivity index (χ0n) is 19.8. The molecular weight excluding hydrogens is 470 g/mol. The van der Waals surface area contributed by atoms with Crippen LogP contribution in [0.25, 0.3) is 16.8 Å². The molecule has 1 heterocycles. The molecule has 4 aromatic rings. The van der Waals surface area contributed by atoms with Crippen LogP contribution in [-0.4, -0.2) is 29.2 Å². The molecule has 1 aliphatic heterocycles. The normalized spacial score (nSPS) is 14.6. The van der Waals surface area contributed by atoms with E-state index in [9.17, 15) is 9.59 Å². The summed E-state index contributed by atoms with van der Waals surface area (Å²) in [6, 6.07) is 29.6. The maximum absolute atomic E-state index is 12.9. The van der Waals surface area contributed by atoms with E-state index in [2.05, 4.69) is 30.3 Å². The number of hydrogen-bond acceptors (Lipinski definition) is 5. The smallest absolute Gasteiger partial charge is 0.293 e. The van der Waals surface area contributed by atoms with Crippen molar-refractivity contribution in [1.29, 1.82) is 0 Å². The molecule has 6 heteroatoms. The first-order chi connectivity index (χ1) is 17.6. The third-order valence-corrected chi connectivity index (χ3v) is 6.80. The van der Waals surface area contributed by atoms with Crippen molar-refractivity contribution in [3.05, 3.63) is 113 Å². The average molecular weight is 496 g/mol. The van der Waals surface area contributed by atoms with E-state index in [0.717, 1.165) is 33.8 Å². The summed E-state index contributed by atoms with van der Waals surface area (Å²) >= 11 is 0.937. The summed E-state index contributed by atoms with van der Waals surface area (Å²) in [6.07, 6.45) is 1.72. The number of fused-ring (bicyclic) bond motifs is 1. The molecule has 180 valence electrons. The molecule has 2 amide bonds. The molecule has 0 N–H and O–H groups in total. The maximum atomic E-state index is 12.9. The number of aryl methyl sites for hydroxylation is 1. The predicted molar refractivity (Wildman–Crippen MR) is 144 cm³/mol. The van der Waals surface area contributed by atoms with Gasteiger partial charge < -0.3 is 9.47 Å². The number of para-hydroxylation sites is 1. The number of carbonyl (C=O) groups is 2. The van der Waals surface area contributed by atoms with E-state index in [4.69, 9.17) is 9.47 Å². The number of hydrogen-bond donors (Lipinski definition) is 0. The van der Waals surface area contributed by atoms with Crippen LogP contribution in [0.5, 0.6) is 11.5 Å². The SMILES string of the molecule is Cc1ccc(OCCN2C(=O)S/C(=C\c3ccccc3OCc3ccc4ccccc4c3)C2=O)cc1. The molecule has 0 aromatic heterocycles. The van der Waals surface area contributed by atoms with Crippen LogP contribution in [0.4, 0.5) is 4.79 Å². The molecule has 0 spiro atoms. The van der Waals surface area contributed by atoms with Crippen molar-refractivity contribution < 1.29 is 19.1 Å². The van der Waals surface area contributed by atoms with Crippen LogP contribution in [0.1, 0.15) is 16.7 Å². The Hall–Kier alpha value is -4.03. The molecule has 1 aliphatic rings. The summed E-state index contributed by atoms with van der Waals surface area (Å²) < 4.78 is 11.8. The van der Waals surface area contributed by atoms with Gasteiger partial charge in [0.15, 0.2) is 0 Å². The van der Waals surface area contributed by atoms with Gasteiger partial charge in [0.05, 0.1) is 11.4 Å². The van der Waals surface area contributed by atoms with E-state index < -0.39 is 0 Å².